The number of ether oxygens (including phenoxy) is 1. The van der Waals surface area contributed by atoms with Gasteiger partial charge in [0.05, 0.1) is 19.6 Å². The van der Waals surface area contributed by atoms with Crippen molar-refractivity contribution in [1.29, 1.82) is 0 Å². The SMILES string of the molecule is COC(=O)C1(Sc2ccc(C)cc2)CC(=O)NC1c1cccc(Cl)c1. The first kappa shape index (κ1) is 17.8. The first-order valence-corrected chi connectivity index (χ1v) is 9.03. The number of halogens is 1. The average Bonchev–Trinajstić information content (AvgIpc) is 2.93. The highest BCUT2D eigenvalue weighted by atomic mass is 35.5. The van der Waals surface area contributed by atoms with Crippen molar-refractivity contribution in [2.75, 3.05) is 7.11 Å². The van der Waals surface area contributed by atoms with Crippen molar-refractivity contribution in [3.8, 4) is 0 Å². The van der Waals surface area contributed by atoms with Gasteiger partial charge in [-0.05, 0) is 36.8 Å². The molecule has 1 aliphatic rings. The van der Waals surface area contributed by atoms with E-state index in [9.17, 15) is 9.59 Å². The number of rotatable bonds is 4. The van der Waals surface area contributed by atoms with Gasteiger partial charge in [0.1, 0.15) is 0 Å². The van der Waals surface area contributed by atoms with E-state index >= 15 is 0 Å². The Balaban J connectivity index is 2.06. The number of esters is 1. The fourth-order valence-electron chi connectivity index (χ4n) is 3.02. The maximum atomic E-state index is 12.8. The topological polar surface area (TPSA) is 55.4 Å². The molecule has 1 amide bonds. The van der Waals surface area contributed by atoms with E-state index in [1.165, 1.54) is 18.9 Å². The van der Waals surface area contributed by atoms with Crippen LogP contribution in [-0.2, 0) is 14.3 Å². The molecule has 0 aromatic heterocycles. The molecule has 3 rings (SSSR count). The van der Waals surface area contributed by atoms with E-state index in [0.717, 1.165) is 16.0 Å². The summed E-state index contributed by atoms with van der Waals surface area (Å²) in [7, 11) is 1.34. The van der Waals surface area contributed by atoms with Crippen LogP contribution in [0.15, 0.2) is 53.4 Å². The highest BCUT2D eigenvalue weighted by molar-refractivity contribution is 8.01. The number of hydrogen-bond acceptors (Lipinski definition) is 4. The Labute approximate surface area is 155 Å². The first-order valence-electron chi connectivity index (χ1n) is 7.83. The van der Waals surface area contributed by atoms with E-state index in [0.29, 0.717) is 5.02 Å². The molecule has 1 saturated heterocycles. The zero-order chi connectivity index (χ0) is 18.0. The molecule has 1 fully saturated rings. The van der Waals surface area contributed by atoms with E-state index in [-0.39, 0.29) is 12.3 Å². The monoisotopic (exact) mass is 375 g/mol. The van der Waals surface area contributed by atoms with Crippen LogP contribution in [0.25, 0.3) is 0 Å². The van der Waals surface area contributed by atoms with E-state index in [4.69, 9.17) is 16.3 Å². The van der Waals surface area contributed by atoms with Crippen molar-refractivity contribution in [2.45, 2.75) is 29.0 Å². The second-order valence-electron chi connectivity index (χ2n) is 6.03. The van der Waals surface area contributed by atoms with Gasteiger partial charge in [-0.2, -0.15) is 0 Å². The number of carbonyl (C=O) groups is 2. The van der Waals surface area contributed by atoms with Gasteiger partial charge in [0, 0.05) is 9.92 Å². The zero-order valence-corrected chi connectivity index (χ0v) is 15.5. The summed E-state index contributed by atoms with van der Waals surface area (Å²) < 4.78 is 4.00. The minimum atomic E-state index is -1.08. The molecule has 2 aromatic carbocycles. The molecule has 2 unspecified atom stereocenters. The molecular weight excluding hydrogens is 358 g/mol. The third kappa shape index (κ3) is 3.53. The maximum Gasteiger partial charge on any atom is 0.325 e. The first-order chi connectivity index (χ1) is 11.9. The predicted octanol–water partition coefficient (Wildman–Crippen LogP) is 3.91. The highest BCUT2D eigenvalue weighted by Crippen LogP contribution is 2.49. The van der Waals surface area contributed by atoms with Crippen LogP contribution in [0, 0.1) is 6.92 Å². The van der Waals surface area contributed by atoms with Gasteiger partial charge in [0.25, 0.3) is 0 Å². The fourth-order valence-corrected chi connectivity index (χ4v) is 4.60. The summed E-state index contributed by atoms with van der Waals surface area (Å²) in [4.78, 5) is 25.9. The molecule has 4 nitrogen and oxygen atoms in total. The van der Waals surface area contributed by atoms with E-state index < -0.39 is 16.8 Å². The van der Waals surface area contributed by atoms with Crippen LogP contribution >= 0.6 is 23.4 Å². The molecule has 0 radical (unpaired) electrons. The van der Waals surface area contributed by atoms with Gasteiger partial charge in [0.15, 0.2) is 4.75 Å². The standard InChI is InChI=1S/C19H18ClNO3S/c1-12-6-8-15(9-7-12)25-19(18(23)24-2)11-16(22)21-17(19)13-4-3-5-14(20)10-13/h3-10,17H,11H2,1-2H3,(H,21,22). The van der Waals surface area contributed by atoms with E-state index in [1.54, 1.807) is 18.2 Å². The summed E-state index contributed by atoms with van der Waals surface area (Å²) in [6.07, 6.45) is 0.0510. The minimum Gasteiger partial charge on any atom is -0.468 e. The van der Waals surface area contributed by atoms with Gasteiger partial charge in [-0.1, -0.05) is 41.4 Å². The van der Waals surface area contributed by atoms with Crippen molar-refractivity contribution in [2.24, 2.45) is 0 Å². The number of benzene rings is 2. The normalized spacial score (nSPS) is 22.5. The van der Waals surface area contributed by atoms with Crippen LogP contribution in [-0.4, -0.2) is 23.7 Å². The molecule has 130 valence electrons. The Morgan fingerprint density at radius 2 is 2.00 bits per heavy atom. The molecule has 0 aliphatic carbocycles. The molecule has 0 spiro atoms. The Bertz CT molecular complexity index is 809. The van der Waals surface area contributed by atoms with Crippen molar-refractivity contribution in [1.82, 2.24) is 5.32 Å². The van der Waals surface area contributed by atoms with Gasteiger partial charge in [0.2, 0.25) is 5.91 Å². The van der Waals surface area contributed by atoms with Crippen LogP contribution in [0.4, 0.5) is 0 Å². The number of nitrogens with one attached hydrogen (secondary N) is 1. The third-order valence-corrected chi connectivity index (χ3v) is 5.88. The second-order valence-corrected chi connectivity index (χ2v) is 7.87. The minimum absolute atomic E-state index is 0.0510. The van der Waals surface area contributed by atoms with Crippen LogP contribution in [0.1, 0.15) is 23.6 Å². The average molecular weight is 376 g/mol. The molecular formula is C19H18ClNO3S. The molecule has 0 saturated carbocycles. The van der Waals surface area contributed by atoms with Crippen molar-refractivity contribution < 1.29 is 14.3 Å². The Kier molecular flexibility index (Phi) is 5.06. The molecule has 2 aromatic rings. The number of hydrogen-bond donors (Lipinski definition) is 1. The van der Waals surface area contributed by atoms with Gasteiger partial charge < -0.3 is 10.1 Å². The summed E-state index contributed by atoms with van der Waals surface area (Å²) in [6.45, 7) is 2.00. The molecule has 6 heteroatoms. The Morgan fingerprint density at radius 3 is 2.64 bits per heavy atom. The van der Waals surface area contributed by atoms with Crippen molar-refractivity contribution >= 4 is 35.2 Å². The lowest BCUT2D eigenvalue weighted by Gasteiger charge is -2.31. The smallest absolute Gasteiger partial charge is 0.325 e. The largest absolute Gasteiger partial charge is 0.468 e. The number of methoxy groups -OCH3 is 1. The van der Waals surface area contributed by atoms with Gasteiger partial charge >= 0.3 is 5.97 Å². The van der Waals surface area contributed by atoms with Crippen LogP contribution in [0.5, 0.6) is 0 Å². The lowest BCUT2D eigenvalue weighted by Crippen LogP contribution is -2.41. The van der Waals surface area contributed by atoms with E-state index in [1.807, 2.05) is 37.3 Å². The molecule has 25 heavy (non-hydrogen) atoms. The number of aryl methyl sites for hydroxylation is 1. The van der Waals surface area contributed by atoms with Gasteiger partial charge in [-0.15, -0.1) is 11.8 Å². The Morgan fingerprint density at radius 1 is 1.28 bits per heavy atom. The quantitative estimate of drug-likeness (QED) is 0.823. The van der Waals surface area contributed by atoms with Crippen LogP contribution in [0.3, 0.4) is 0 Å². The summed E-state index contributed by atoms with van der Waals surface area (Å²) in [5, 5.41) is 3.47. The Hall–Kier alpha value is -1.98. The van der Waals surface area contributed by atoms with Crippen molar-refractivity contribution in [3.63, 3.8) is 0 Å². The zero-order valence-electron chi connectivity index (χ0n) is 13.9. The molecule has 1 aliphatic heterocycles. The molecule has 1 N–H and O–H groups in total. The number of thioether (sulfide) groups is 1. The summed E-state index contributed by atoms with van der Waals surface area (Å²) in [5.74, 6) is -0.614. The van der Waals surface area contributed by atoms with Gasteiger partial charge in [-0.25, -0.2) is 0 Å². The summed E-state index contributed by atoms with van der Waals surface area (Å²) in [6, 6.07) is 14.5. The molecule has 1 heterocycles. The highest BCUT2D eigenvalue weighted by Gasteiger charge is 2.55. The van der Waals surface area contributed by atoms with Crippen LogP contribution in [0.2, 0.25) is 5.02 Å². The predicted molar refractivity (Wildman–Crippen MR) is 98.7 cm³/mol. The number of amides is 1. The lowest BCUT2D eigenvalue weighted by atomic mass is 9.93. The fraction of sp³-hybridized carbons (Fsp3) is 0.263. The summed E-state index contributed by atoms with van der Waals surface area (Å²) >= 11 is 7.46. The molecule has 0 bridgehead atoms. The van der Waals surface area contributed by atoms with Crippen LogP contribution < -0.4 is 5.32 Å². The van der Waals surface area contributed by atoms with Crippen molar-refractivity contribution in [3.05, 3.63) is 64.7 Å². The van der Waals surface area contributed by atoms with E-state index in [2.05, 4.69) is 5.32 Å². The number of carbonyl (C=O) groups excluding carboxylic acids is 2. The summed E-state index contributed by atoms with van der Waals surface area (Å²) in [5.41, 5.74) is 1.91. The second kappa shape index (κ2) is 7.10. The third-order valence-electron chi connectivity index (χ3n) is 4.23. The lowest BCUT2D eigenvalue weighted by molar-refractivity contribution is -0.144. The molecule has 2 atom stereocenters. The maximum absolute atomic E-state index is 12.8. The van der Waals surface area contributed by atoms with Gasteiger partial charge in [-0.3, -0.25) is 9.59 Å².